The van der Waals surface area contributed by atoms with Crippen LogP contribution in [0.2, 0.25) is 0 Å². The first-order chi connectivity index (χ1) is 11.7. The van der Waals surface area contributed by atoms with E-state index in [4.69, 9.17) is 4.74 Å². The molecule has 0 spiro atoms. The third-order valence-electron chi connectivity index (χ3n) is 3.39. The molecule has 0 aliphatic carbocycles. The van der Waals surface area contributed by atoms with Crippen LogP contribution in [0.4, 0.5) is 0 Å². The largest absolute Gasteiger partial charge is 0.495 e. The van der Waals surface area contributed by atoms with Gasteiger partial charge in [0.1, 0.15) is 11.5 Å². The summed E-state index contributed by atoms with van der Waals surface area (Å²) in [7, 11) is 1.65. The molecular formula is C17H17N3O2S2. The van der Waals surface area contributed by atoms with Gasteiger partial charge in [-0.05, 0) is 30.5 Å². The fourth-order valence-electron chi connectivity index (χ4n) is 2.25. The van der Waals surface area contributed by atoms with Crippen LogP contribution >= 0.6 is 23.1 Å². The molecule has 3 aromatic rings. The fraction of sp³-hybridized carbons (Fsp3) is 0.235. The van der Waals surface area contributed by atoms with E-state index < -0.39 is 0 Å². The third kappa shape index (κ3) is 3.52. The van der Waals surface area contributed by atoms with Crippen molar-refractivity contribution in [1.82, 2.24) is 14.8 Å². The SMILES string of the molecule is COc1ccccc1-n1c(SCCC(C)=O)nnc1-c1cccs1. The van der Waals surface area contributed by atoms with E-state index in [0.717, 1.165) is 27.3 Å². The molecule has 124 valence electrons. The van der Waals surface area contributed by atoms with Crippen LogP contribution in [0.3, 0.4) is 0 Å². The summed E-state index contributed by atoms with van der Waals surface area (Å²) in [6.07, 6.45) is 0.512. The van der Waals surface area contributed by atoms with Crippen LogP contribution in [0.15, 0.2) is 46.9 Å². The molecule has 7 heteroatoms. The molecule has 2 heterocycles. The van der Waals surface area contributed by atoms with Gasteiger partial charge >= 0.3 is 0 Å². The molecule has 24 heavy (non-hydrogen) atoms. The van der Waals surface area contributed by atoms with Gasteiger partial charge in [0.25, 0.3) is 0 Å². The van der Waals surface area contributed by atoms with Crippen molar-refractivity contribution < 1.29 is 9.53 Å². The second kappa shape index (κ2) is 7.63. The van der Waals surface area contributed by atoms with Crippen molar-refractivity contribution in [2.24, 2.45) is 0 Å². The average Bonchev–Trinajstić information content (AvgIpc) is 3.23. The van der Waals surface area contributed by atoms with E-state index in [1.54, 1.807) is 25.4 Å². The van der Waals surface area contributed by atoms with E-state index >= 15 is 0 Å². The van der Waals surface area contributed by atoms with Gasteiger partial charge in [0.05, 0.1) is 17.7 Å². The van der Waals surface area contributed by atoms with Crippen LogP contribution in [0.1, 0.15) is 13.3 Å². The number of carbonyl (C=O) groups is 1. The van der Waals surface area contributed by atoms with Crippen molar-refractivity contribution in [3.05, 3.63) is 41.8 Å². The van der Waals surface area contributed by atoms with Gasteiger partial charge in [-0.15, -0.1) is 21.5 Å². The highest BCUT2D eigenvalue weighted by Crippen LogP contribution is 2.34. The summed E-state index contributed by atoms with van der Waals surface area (Å²) in [6, 6.07) is 11.8. The molecule has 2 aromatic heterocycles. The first kappa shape index (κ1) is 16.7. The number of aromatic nitrogens is 3. The predicted molar refractivity (Wildman–Crippen MR) is 97.2 cm³/mol. The lowest BCUT2D eigenvalue weighted by Crippen LogP contribution is -2.02. The lowest BCUT2D eigenvalue weighted by Gasteiger charge is -2.13. The highest BCUT2D eigenvalue weighted by molar-refractivity contribution is 7.99. The Morgan fingerprint density at radius 2 is 2.08 bits per heavy atom. The zero-order valence-corrected chi connectivity index (χ0v) is 15.1. The van der Waals surface area contributed by atoms with Crippen LogP contribution in [-0.4, -0.2) is 33.4 Å². The summed E-state index contributed by atoms with van der Waals surface area (Å²) in [5, 5.41) is 11.5. The Labute approximate surface area is 148 Å². The van der Waals surface area contributed by atoms with Gasteiger partial charge in [-0.1, -0.05) is 30.0 Å². The molecule has 3 rings (SSSR count). The molecule has 1 aromatic carbocycles. The number of para-hydroxylation sites is 2. The zero-order valence-electron chi connectivity index (χ0n) is 13.4. The van der Waals surface area contributed by atoms with Gasteiger partial charge in [0, 0.05) is 12.2 Å². The van der Waals surface area contributed by atoms with Crippen molar-refractivity contribution in [2.45, 2.75) is 18.5 Å². The number of ether oxygens (including phenoxy) is 1. The molecule has 0 aliphatic rings. The summed E-state index contributed by atoms with van der Waals surface area (Å²) in [4.78, 5) is 12.2. The van der Waals surface area contributed by atoms with Gasteiger partial charge in [-0.25, -0.2) is 0 Å². The summed E-state index contributed by atoms with van der Waals surface area (Å²) in [5.74, 6) is 2.38. The molecule has 0 fully saturated rings. The molecule has 0 N–H and O–H groups in total. The van der Waals surface area contributed by atoms with Crippen LogP contribution in [0.25, 0.3) is 16.4 Å². The first-order valence-electron chi connectivity index (χ1n) is 7.45. The lowest BCUT2D eigenvalue weighted by molar-refractivity contribution is -0.116. The Kier molecular flexibility index (Phi) is 5.32. The van der Waals surface area contributed by atoms with Crippen LogP contribution in [-0.2, 0) is 4.79 Å². The summed E-state index contributed by atoms with van der Waals surface area (Å²) in [5.41, 5.74) is 0.888. The maximum Gasteiger partial charge on any atom is 0.196 e. The molecular weight excluding hydrogens is 342 g/mol. The van der Waals surface area contributed by atoms with Gasteiger partial charge in [0.2, 0.25) is 0 Å². The van der Waals surface area contributed by atoms with Crippen molar-refractivity contribution in [3.63, 3.8) is 0 Å². The van der Waals surface area contributed by atoms with Gasteiger partial charge < -0.3 is 4.74 Å². The Bertz CT molecular complexity index is 828. The standard InChI is InChI=1S/C17H17N3O2S2/c1-12(21)9-11-24-17-19-18-16(15-8-5-10-23-15)20(17)13-6-3-4-7-14(13)22-2/h3-8,10H,9,11H2,1-2H3. The molecule has 0 atom stereocenters. The minimum Gasteiger partial charge on any atom is -0.495 e. The second-order valence-corrected chi connectivity index (χ2v) is 7.10. The van der Waals surface area contributed by atoms with Crippen molar-refractivity contribution in [2.75, 3.05) is 12.9 Å². The Balaban J connectivity index is 2.06. The number of Topliss-reactive ketones (excluding diaryl/α,β-unsaturated/α-hetero) is 1. The summed E-state index contributed by atoms with van der Waals surface area (Å²) in [6.45, 7) is 1.60. The first-order valence-corrected chi connectivity index (χ1v) is 9.32. The van der Waals surface area contributed by atoms with Crippen molar-refractivity contribution in [1.29, 1.82) is 0 Å². The smallest absolute Gasteiger partial charge is 0.196 e. The number of rotatable bonds is 7. The average molecular weight is 359 g/mol. The van der Waals surface area contributed by atoms with Crippen LogP contribution in [0.5, 0.6) is 5.75 Å². The fourth-order valence-corrected chi connectivity index (χ4v) is 3.93. The Hall–Kier alpha value is -2.12. The molecule has 0 saturated carbocycles. The molecule has 0 unspecified atom stereocenters. The maximum absolute atomic E-state index is 11.2. The topological polar surface area (TPSA) is 57.0 Å². The molecule has 0 amide bonds. The number of nitrogens with zero attached hydrogens (tertiary/aromatic N) is 3. The summed E-state index contributed by atoms with van der Waals surface area (Å²) >= 11 is 3.14. The number of hydrogen-bond donors (Lipinski definition) is 0. The lowest BCUT2D eigenvalue weighted by atomic mass is 10.3. The minimum absolute atomic E-state index is 0.171. The van der Waals surface area contributed by atoms with E-state index in [1.165, 1.54) is 11.8 Å². The van der Waals surface area contributed by atoms with Crippen molar-refractivity contribution >= 4 is 28.9 Å². The van der Waals surface area contributed by atoms with Crippen LogP contribution in [0, 0.1) is 0 Å². The van der Waals surface area contributed by atoms with E-state index in [-0.39, 0.29) is 5.78 Å². The number of ketones is 1. The van der Waals surface area contributed by atoms with Gasteiger partial charge in [-0.2, -0.15) is 0 Å². The van der Waals surface area contributed by atoms with Crippen LogP contribution < -0.4 is 4.74 Å². The summed E-state index contributed by atoms with van der Waals surface area (Å²) < 4.78 is 7.50. The van der Waals surface area contributed by atoms with Crippen molar-refractivity contribution in [3.8, 4) is 22.1 Å². The predicted octanol–water partition coefficient (Wildman–Crippen LogP) is 4.08. The zero-order chi connectivity index (χ0) is 16.9. The second-order valence-electron chi connectivity index (χ2n) is 5.09. The monoisotopic (exact) mass is 359 g/mol. The molecule has 0 aliphatic heterocycles. The molecule has 0 bridgehead atoms. The van der Waals surface area contributed by atoms with Gasteiger partial charge in [0.15, 0.2) is 11.0 Å². The van der Waals surface area contributed by atoms with E-state index in [2.05, 4.69) is 10.2 Å². The third-order valence-corrected chi connectivity index (χ3v) is 5.18. The van der Waals surface area contributed by atoms with E-state index in [0.29, 0.717) is 12.2 Å². The Morgan fingerprint density at radius 1 is 1.25 bits per heavy atom. The maximum atomic E-state index is 11.2. The number of thiophene rings is 1. The number of hydrogen-bond acceptors (Lipinski definition) is 6. The number of methoxy groups -OCH3 is 1. The Morgan fingerprint density at radius 3 is 2.79 bits per heavy atom. The molecule has 5 nitrogen and oxygen atoms in total. The highest BCUT2D eigenvalue weighted by atomic mass is 32.2. The minimum atomic E-state index is 0.171. The molecule has 0 saturated heterocycles. The number of carbonyl (C=O) groups excluding carboxylic acids is 1. The highest BCUT2D eigenvalue weighted by Gasteiger charge is 2.19. The number of thioether (sulfide) groups is 1. The normalized spacial score (nSPS) is 10.8. The van der Waals surface area contributed by atoms with Gasteiger partial charge in [-0.3, -0.25) is 9.36 Å². The van der Waals surface area contributed by atoms with E-state index in [1.807, 2.05) is 46.3 Å². The van der Waals surface area contributed by atoms with E-state index in [9.17, 15) is 4.79 Å². The quantitative estimate of drug-likeness (QED) is 0.595. The number of benzene rings is 1. The molecule has 0 radical (unpaired) electrons.